The molecule has 3 rings (SSSR count). The molecule has 2 aliphatic heterocycles. The Hall–Kier alpha value is -2.77. The molecule has 8 heteroatoms. The molecular formula is C15H17N3O5. The van der Waals surface area contributed by atoms with Crippen LogP contribution in [0.1, 0.15) is 6.42 Å². The number of ether oxygens (including phenoxy) is 2. The predicted molar refractivity (Wildman–Crippen MR) is 80.2 cm³/mol. The third-order valence-corrected chi connectivity index (χ3v) is 3.92. The molecule has 1 aromatic rings. The minimum atomic E-state index is -0.630. The van der Waals surface area contributed by atoms with Gasteiger partial charge in [0.05, 0.1) is 13.2 Å². The summed E-state index contributed by atoms with van der Waals surface area (Å²) in [7, 11) is 1.55. The second kappa shape index (κ2) is 6.15. The van der Waals surface area contributed by atoms with Crippen molar-refractivity contribution in [3.05, 3.63) is 24.3 Å². The lowest BCUT2D eigenvalue weighted by Crippen LogP contribution is -2.42. The topological polar surface area (TPSA) is 88.2 Å². The number of amides is 4. The summed E-state index contributed by atoms with van der Waals surface area (Å²) in [5, 5.41) is 2.78. The van der Waals surface area contributed by atoms with Crippen LogP contribution in [0.3, 0.4) is 0 Å². The fourth-order valence-corrected chi connectivity index (χ4v) is 2.76. The van der Waals surface area contributed by atoms with Gasteiger partial charge in [0, 0.05) is 24.8 Å². The second-order valence-electron chi connectivity index (χ2n) is 5.37. The number of benzene rings is 1. The highest BCUT2D eigenvalue weighted by Crippen LogP contribution is 2.22. The number of hydrogen-bond donors (Lipinski definition) is 1. The lowest BCUT2D eigenvalue weighted by atomic mass is 10.2. The number of carbonyl (C=O) groups excluding carboxylic acids is 3. The van der Waals surface area contributed by atoms with Gasteiger partial charge in [-0.2, -0.15) is 0 Å². The number of cyclic esters (lactones) is 1. The first-order chi connectivity index (χ1) is 11.1. The molecule has 1 aromatic carbocycles. The predicted octanol–water partition coefficient (Wildman–Crippen LogP) is 1.28. The third kappa shape index (κ3) is 3.05. The molecule has 0 bridgehead atoms. The van der Waals surface area contributed by atoms with Gasteiger partial charge in [-0.25, -0.2) is 14.5 Å². The Morgan fingerprint density at radius 1 is 1.39 bits per heavy atom. The van der Waals surface area contributed by atoms with Crippen LogP contribution in [-0.2, 0) is 9.53 Å². The number of nitrogens with zero attached hydrogens (tertiary/aromatic N) is 2. The zero-order valence-electron chi connectivity index (χ0n) is 12.7. The second-order valence-corrected chi connectivity index (χ2v) is 5.37. The zero-order chi connectivity index (χ0) is 16.4. The molecule has 0 spiro atoms. The summed E-state index contributed by atoms with van der Waals surface area (Å²) in [5.74, 6) is 0.294. The van der Waals surface area contributed by atoms with E-state index >= 15 is 0 Å². The Morgan fingerprint density at radius 3 is 2.91 bits per heavy atom. The van der Waals surface area contributed by atoms with Gasteiger partial charge in [0.25, 0.3) is 5.91 Å². The number of rotatable bonds is 3. The fraction of sp³-hybridized carbons (Fsp3) is 0.400. The van der Waals surface area contributed by atoms with Gasteiger partial charge in [-0.1, -0.05) is 6.07 Å². The highest BCUT2D eigenvalue weighted by atomic mass is 16.6. The molecule has 8 nitrogen and oxygen atoms in total. The maximum atomic E-state index is 12.3. The highest BCUT2D eigenvalue weighted by Gasteiger charge is 2.41. The van der Waals surface area contributed by atoms with Gasteiger partial charge in [0.15, 0.2) is 6.61 Å². The monoisotopic (exact) mass is 319 g/mol. The summed E-state index contributed by atoms with van der Waals surface area (Å²) in [6.45, 7) is 0.555. The van der Waals surface area contributed by atoms with Crippen LogP contribution >= 0.6 is 0 Å². The van der Waals surface area contributed by atoms with E-state index in [2.05, 4.69) is 5.32 Å². The van der Waals surface area contributed by atoms with E-state index < -0.39 is 6.09 Å². The van der Waals surface area contributed by atoms with E-state index in [0.29, 0.717) is 30.9 Å². The normalized spacial score (nSPS) is 20.7. The Kier molecular flexibility index (Phi) is 4.05. The van der Waals surface area contributed by atoms with Crippen LogP contribution in [0, 0.1) is 0 Å². The molecule has 122 valence electrons. The molecule has 0 saturated carbocycles. The van der Waals surface area contributed by atoms with Crippen LogP contribution in [-0.4, -0.2) is 60.7 Å². The molecule has 1 unspecified atom stereocenters. The molecule has 2 fully saturated rings. The van der Waals surface area contributed by atoms with Crippen molar-refractivity contribution in [2.45, 2.75) is 12.5 Å². The molecule has 0 aliphatic carbocycles. The summed E-state index contributed by atoms with van der Waals surface area (Å²) in [6.07, 6.45) is -0.0816. The number of nitrogens with one attached hydrogen (secondary N) is 1. The highest BCUT2D eigenvalue weighted by molar-refractivity contribution is 5.98. The van der Waals surface area contributed by atoms with Crippen molar-refractivity contribution in [2.24, 2.45) is 0 Å². The Morgan fingerprint density at radius 2 is 2.22 bits per heavy atom. The average molecular weight is 319 g/mol. The Labute approximate surface area is 132 Å². The summed E-state index contributed by atoms with van der Waals surface area (Å²) in [5.41, 5.74) is 0.620. The molecule has 4 amide bonds. The maximum absolute atomic E-state index is 12.3. The van der Waals surface area contributed by atoms with Crippen molar-refractivity contribution in [3.63, 3.8) is 0 Å². The van der Waals surface area contributed by atoms with Gasteiger partial charge >= 0.3 is 12.1 Å². The Balaban J connectivity index is 1.61. The number of urea groups is 1. The maximum Gasteiger partial charge on any atom is 0.417 e. The van der Waals surface area contributed by atoms with Crippen LogP contribution < -0.4 is 10.1 Å². The lowest BCUT2D eigenvalue weighted by molar-refractivity contribution is -0.127. The standard InChI is InChI=1S/C15H17N3O5/c1-22-12-4-2-3-10(7-12)16-14(20)17-6-5-11(8-17)18-13(19)9-23-15(18)21/h2-4,7,11H,5-6,8-9H2,1H3,(H,16,20). The van der Waals surface area contributed by atoms with E-state index in [0.717, 1.165) is 4.90 Å². The first kappa shape index (κ1) is 15.1. The number of anilines is 1. The van der Waals surface area contributed by atoms with E-state index in [4.69, 9.17) is 9.47 Å². The van der Waals surface area contributed by atoms with Gasteiger partial charge in [-0.15, -0.1) is 0 Å². The summed E-state index contributed by atoms with van der Waals surface area (Å²) in [4.78, 5) is 38.2. The SMILES string of the molecule is COc1cccc(NC(=O)N2CCC(N3C(=O)COC3=O)C2)c1. The molecule has 1 atom stereocenters. The number of methoxy groups -OCH3 is 1. The van der Waals surface area contributed by atoms with Crippen LogP contribution in [0.5, 0.6) is 5.75 Å². The van der Waals surface area contributed by atoms with Crippen molar-refractivity contribution in [2.75, 3.05) is 32.1 Å². The molecule has 1 N–H and O–H groups in total. The summed E-state index contributed by atoms with van der Waals surface area (Å²) >= 11 is 0. The first-order valence-electron chi connectivity index (χ1n) is 7.27. The van der Waals surface area contributed by atoms with Gasteiger partial charge in [-0.05, 0) is 18.6 Å². The molecule has 23 heavy (non-hydrogen) atoms. The van der Waals surface area contributed by atoms with Gasteiger partial charge in [0.1, 0.15) is 5.75 Å². The summed E-state index contributed by atoms with van der Waals surface area (Å²) in [6, 6.07) is 6.43. The quantitative estimate of drug-likeness (QED) is 0.906. The number of carbonyl (C=O) groups is 3. The van der Waals surface area contributed by atoms with Gasteiger partial charge in [0.2, 0.25) is 0 Å². The lowest BCUT2D eigenvalue weighted by Gasteiger charge is -2.21. The molecular weight excluding hydrogens is 302 g/mol. The molecule has 0 radical (unpaired) electrons. The summed E-state index contributed by atoms with van der Waals surface area (Å²) < 4.78 is 9.82. The van der Waals surface area contributed by atoms with Crippen molar-refractivity contribution in [1.82, 2.24) is 9.80 Å². The largest absolute Gasteiger partial charge is 0.497 e. The van der Waals surface area contributed by atoms with Crippen LogP contribution in [0.25, 0.3) is 0 Å². The van der Waals surface area contributed by atoms with E-state index in [1.165, 1.54) is 0 Å². The molecule has 2 heterocycles. The van der Waals surface area contributed by atoms with Crippen LogP contribution in [0.2, 0.25) is 0 Å². The van der Waals surface area contributed by atoms with Crippen molar-refractivity contribution >= 4 is 23.7 Å². The fourth-order valence-electron chi connectivity index (χ4n) is 2.76. The third-order valence-electron chi connectivity index (χ3n) is 3.92. The zero-order valence-corrected chi connectivity index (χ0v) is 12.7. The number of hydrogen-bond acceptors (Lipinski definition) is 5. The van der Waals surface area contributed by atoms with E-state index in [-0.39, 0.29) is 24.6 Å². The first-order valence-corrected chi connectivity index (χ1v) is 7.27. The number of likely N-dealkylation sites (tertiary alicyclic amines) is 1. The smallest absolute Gasteiger partial charge is 0.417 e. The van der Waals surface area contributed by atoms with Crippen molar-refractivity contribution in [3.8, 4) is 5.75 Å². The van der Waals surface area contributed by atoms with Gasteiger partial charge < -0.3 is 19.7 Å². The van der Waals surface area contributed by atoms with Gasteiger partial charge in [-0.3, -0.25) is 4.79 Å². The van der Waals surface area contributed by atoms with E-state index in [1.807, 2.05) is 0 Å². The van der Waals surface area contributed by atoms with Crippen molar-refractivity contribution in [1.29, 1.82) is 0 Å². The molecule has 2 aliphatic rings. The minimum Gasteiger partial charge on any atom is -0.497 e. The average Bonchev–Trinajstić information content (AvgIpc) is 3.14. The molecule has 0 aromatic heterocycles. The van der Waals surface area contributed by atoms with E-state index in [9.17, 15) is 14.4 Å². The number of imide groups is 1. The minimum absolute atomic E-state index is 0.217. The van der Waals surface area contributed by atoms with E-state index in [1.54, 1.807) is 36.3 Å². The van der Waals surface area contributed by atoms with Crippen LogP contribution in [0.15, 0.2) is 24.3 Å². The van der Waals surface area contributed by atoms with Crippen molar-refractivity contribution < 1.29 is 23.9 Å². The Bertz CT molecular complexity index is 632. The van der Waals surface area contributed by atoms with Crippen LogP contribution in [0.4, 0.5) is 15.3 Å². The molecule has 2 saturated heterocycles.